The average Bonchev–Trinajstić information content (AvgIpc) is 3.86. The van der Waals surface area contributed by atoms with Gasteiger partial charge in [-0.05, 0) is 42.5 Å². The fraction of sp³-hybridized carbons (Fsp3) is 0. The van der Waals surface area contributed by atoms with Gasteiger partial charge in [-0.25, -0.2) is 24.9 Å². The zero-order valence-corrected chi connectivity index (χ0v) is 32.4. The summed E-state index contributed by atoms with van der Waals surface area (Å²) < 4.78 is 8.65. The van der Waals surface area contributed by atoms with Gasteiger partial charge in [0.2, 0.25) is 0 Å². The lowest BCUT2D eigenvalue weighted by molar-refractivity contribution is 0.667. The van der Waals surface area contributed by atoms with Crippen LogP contribution in [0.15, 0.2) is 156 Å². The lowest BCUT2D eigenvalue weighted by Gasteiger charge is -2.21. The van der Waals surface area contributed by atoms with Crippen LogP contribution >= 0.6 is 0 Å². The van der Waals surface area contributed by atoms with Crippen LogP contribution < -0.4 is 27.3 Å². The normalized spacial score (nSPS) is 11.6. The highest BCUT2D eigenvalue weighted by Crippen LogP contribution is 2.40. The van der Waals surface area contributed by atoms with Crippen molar-refractivity contribution in [3.05, 3.63) is 152 Å². The number of rotatable bonds is 6. The van der Waals surface area contributed by atoms with Crippen LogP contribution in [-0.2, 0) is 0 Å². The Morgan fingerprint density at radius 3 is 1.61 bits per heavy atom. The second-order valence-corrected chi connectivity index (χ2v) is 14.8. The molecule has 0 aliphatic carbocycles. The van der Waals surface area contributed by atoms with Gasteiger partial charge < -0.3 is 8.98 Å². The first kappa shape index (κ1) is 36.6. The Balaban J connectivity index is 1.24. The second-order valence-electron chi connectivity index (χ2n) is 14.8. The van der Waals surface area contributed by atoms with Gasteiger partial charge in [-0.1, -0.05) is 120 Å². The Morgan fingerprint density at radius 1 is 0.410 bits per heavy atom. The number of hydrogen-bond acceptors (Lipinski definition) is 6. The maximum Gasteiger partial charge on any atom is 0.180 e. The third-order valence-corrected chi connectivity index (χ3v) is 11.2. The van der Waals surface area contributed by atoms with E-state index in [1.807, 2.05) is 121 Å². The number of benzene rings is 7. The Hall–Kier alpha value is -7.45. The first-order valence-corrected chi connectivity index (χ1v) is 19.5. The highest BCUT2D eigenvalue weighted by Gasteiger charge is 2.24. The molecule has 0 bridgehead atoms. The van der Waals surface area contributed by atoms with E-state index in [0.717, 1.165) is 49.6 Å². The van der Waals surface area contributed by atoms with Gasteiger partial charge in [0.15, 0.2) is 28.9 Å². The van der Waals surface area contributed by atoms with Crippen LogP contribution in [-0.4, -0.2) is 68.7 Å². The molecule has 7 aromatic carbocycles. The summed E-state index contributed by atoms with van der Waals surface area (Å²) in [7, 11) is 32.4. The molecule has 4 heterocycles. The van der Waals surface area contributed by atoms with Gasteiger partial charge in [0.1, 0.15) is 56.0 Å². The van der Waals surface area contributed by atoms with Gasteiger partial charge >= 0.3 is 0 Å². The number of fused-ring (bicyclic) bond motifs is 6. The minimum Gasteiger partial charge on any atom is -0.452 e. The molecule has 0 atom stereocenters. The fourth-order valence-corrected chi connectivity index (χ4v) is 8.16. The highest BCUT2D eigenvalue weighted by molar-refractivity contribution is 6.68. The molecule has 4 aromatic heterocycles. The van der Waals surface area contributed by atoms with E-state index in [0.29, 0.717) is 45.4 Å². The molecule has 0 unspecified atom stereocenters. The summed E-state index contributed by atoms with van der Waals surface area (Å²) in [5, 5.41) is 3.07. The number of hydrogen-bond donors (Lipinski definition) is 0. The van der Waals surface area contributed by atoms with Crippen molar-refractivity contribution in [1.29, 1.82) is 0 Å². The van der Waals surface area contributed by atoms with E-state index in [2.05, 4.69) is 34.9 Å². The van der Waals surface area contributed by atoms with Crippen LogP contribution in [0.2, 0.25) is 0 Å². The van der Waals surface area contributed by atoms with Crippen LogP contribution in [0.4, 0.5) is 0 Å². The molecular weight excluding hydrogens is 743 g/mol. The van der Waals surface area contributed by atoms with Crippen LogP contribution in [0.3, 0.4) is 0 Å². The molecule has 0 saturated heterocycles. The predicted molar refractivity (Wildman–Crippen MR) is 251 cm³/mol. The SMILES string of the molecule is [B]c1c([B])c([B])c(-c2nc(-c3ccccc3)nc(-c3cc(-c4nc(-c5ccccc5)c5oc6ccccc6c5n4)ccc3-n3c4ccccc4c4ccccc43)n2)c([B])c1[B]. The number of aromatic nitrogens is 6. The van der Waals surface area contributed by atoms with Gasteiger partial charge in [-0.3, -0.25) is 0 Å². The lowest BCUT2D eigenvalue weighted by Crippen LogP contribution is -2.55. The zero-order valence-electron chi connectivity index (χ0n) is 32.4. The van der Waals surface area contributed by atoms with E-state index in [4.69, 9.17) is 68.6 Å². The first-order chi connectivity index (χ1) is 29.8. The van der Waals surface area contributed by atoms with E-state index in [9.17, 15) is 0 Å². The molecule has 11 rings (SSSR count). The fourth-order valence-electron chi connectivity index (χ4n) is 8.16. The number of nitrogens with zero attached hydrogens (tertiary/aromatic N) is 6. The summed E-state index contributed by atoms with van der Waals surface area (Å²) in [6, 6.07) is 50.2. The van der Waals surface area contributed by atoms with E-state index in [1.165, 1.54) is 0 Å². The molecule has 0 amide bonds. The van der Waals surface area contributed by atoms with Crippen molar-refractivity contribution in [1.82, 2.24) is 29.5 Å². The van der Waals surface area contributed by atoms with Crippen molar-refractivity contribution in [3.63, 3.8) is 0 Å². The third-order valence-electron chi connectivity index (χ3n) is 11.2. The van der Waals surface area contributed by atoms with Crippen molar-refractivity contribution in [3.8, 4) is 62.5 Å². The largest absolute Gasteiger partial charge is 0.452 e. The maximum absolute atomic E-state index is 6.66. The summed E-state index contributed by atoms with van der Waals surface area (Å²) in [4.78, 5) is 25.6. The van der Waals surface area contributed by atoms with Gasteiger partial charge in [-0.2, -0.15) is 0 Å². The van der Waals surface area contributed by atoms with E-state index in [-0.39, 0.29) is 38.7 Å². The molecule has 12 heteroatoms. The van der Waals surface area contributed by atoms with Gasteiger partial charge in [0, 0.05) is 44.0 Å². The molecule has 0 aliphatic heterocycles. The quantitative estimate of drug-likeness (QED) is 0.195. The molecule has 11 aromatic rings. The minimum atomic E-state index is 0.0893. The zero-order chi connectivity index (χ0) is 41.4. The molecule has 272 valence electrons. The monoisotopic (exact) mass is 768 g/mol. The molecular formula is C49H25B5N6O. The molecule has 0 N–H and O–H groups in total. The van der Waals surface area contributed by atoms with Crippen molar-refractivity contribution in [2.24, 2.45) is 0 Å². The molecule has 10 radical (unpaired) electrons. The van der Waals surface area contributed by atoms with Gasteiger partial charge in [0.05, 0.1) is 16.7 Å². The van der Waals surface area contributed by atoms with Crippen LogP contribution in [0, 0.1) is 0 Å². The third kappa shape index (κ3) is 5.93. The van der Waals surface area contributed by atoms with Crippen molar-refractivity contribution in [2.75, 3.05) is 0 Å². The maximum atomic E-state index is 6.66. The first-order valence-electron chi connectivity index (χ1n) is 19.5. The smallest absolute Gasteiger partial charge is 0.180 e. The summed E-state index contributed by atoms with van der Waals surface area (Å²) in [6.45, 7) is 0. The van der Waals surface area contributed by atoms with E-state index >= 15 is 0 Å². The van der Waals surface area contributed by atoms with E-state index < -0.39 is 0 Å². The average molecular weight is 768 g/mol. The van der Waals surface area contributed by atoms with Crippen LogP contribution in [0.25, 0.3) is 106 Å². The topological polar surface area (TPSA) is 82.5 Å². The summed E-state index contributed by atoms with van der Waals surface area (Å²) in [6.07, 6.45) is 0. The van der Waals surface area contributed by atoms with E-state index in [1.54, 1.807) is 0 Å². The molecule has 7 nitrogen and oxygen atoms in total. The Kier molecular flexibility index (Phi) is 8.63. The number of para-hydroxylation sites is 3. The highest BCUT2D eigenvalue weighted by atomic mass is 16.3. The number of furan rings is 1. The van der Waals surface area contributed by atoms with Gasteiger partial charge in [0.25, 0.3) is 0 Å². The summed E-state index contributed by atoms with van der Waals surface area (Å²) in [5.74, 6) is 1.36. The molecule has 0 saturated carbocycles. The molecule has 0 fully saturated rings. The van der Waals surface area contributed by atoms with Crippen LogP contribution in [0.5, 0.6) is 0 Å². The van der Waals surface area contributed by atoms with Crippen LogP contribution in [0.1, 0.15) is 0 Å². The Labute approximate surface area is 357 Å². The lowest BCUT2D eigenvalue weighted by atomic mass is 9.60. The Bertz CT molecular complexity index is 3470. The minimum absolute atomic E-state index is 0.0893. The predicted octanol–water partition coefficient (Wildman–Crippen LogP) is 5.96. The van der Waals surface area contributed by atoms with Crippen molar-refractivity contribution in [2.45, 2.75) is 0 Å². The molecule has 0 aliphatic rings. The standard InChI is InChI=1S/C49H25B5N6O/c50-38-37(39(51)41(53)42(54)40(38)52)49-58-46(27-15-5-2-6-16-27)57-48(59-49)32-25-28(23-24-35(32)60-33-20-10-7-17-29(33)30-18-8-11-21-34(30)60)47-55-43(26-13-3-1-4-14-26)45-44(56-47)31-19-9-12-22-36(31)61-45/h1-25H. The second kappa shape index (κ2) is 14.4. The molecule has 61 heavy (non-hydrogen) atoms. The molecule has 0 spiro atoms. The van der Waals surface area contributed by atoms with Crippen molar-refractivity contribution < 1.29 is 4.42 Å². The van der Waals surface area contributed by atoms with Crippen molar-refractivity contribution >= 4 is 110 Å². The van der Waals surface area contributed by atoms with Gasteiger partial charge in [-0.15, -0.1) is 16.4 Å². The Morgan fingerprint density at radius 2 is 0.934 bits per heavy atom. The summed E-state index contributed by atoms with van der Waals surface area (Å²) >= 11 is 0. The summed E-state index contributed by atoms with van der Waals surface area (Å²) in [5.41, 5.74) is 9.23.